The maximum absolute atomic E-state index is 13.3. The molecule has 1 N–H and O–H groups in total. The van der Waals surface area contributed by atoms with Gasteiger partial charge in [-0.3, -0.25) is 9.69 Å². The predicted molar refractivity (Wildman–Crippen MR) is 107 cm³/mol. The van der Waals surface area contributed by atoms with Crippen LogP contribution in [-0.4, -0.2) is 63.5 Å². The van der Waals surface area contributed by atoms with Crippen LogP contribution in [0, 0.1) is 5.82 Å². The highest BCUT2D eigenvalue weighted by Gasteiger charge is 2.23. The Morgan fingerprint density at radius 3 is 2.53 bits per heavy atom. The van der Waals surface area contributed by atoms with Crippen LogP contribution in [0.3, 0.4) is 0 Å². The molecule has 1 unspecified atom stereocenters. The number of carbonyl (C=O) groups excluding carboxylic acids is 1. The molecule has 160 valence electrons. The Labute approximate surface area is 174 Å². The van der Waals surface area contributed by atoms with Gasteiger partial charge in [-0.15, -0.1) is 0 Å². The van der Waals surface area contributed by atoms with Gasteiger partial charge in [0.25, 0.3) is 5.91 Å². The summed E-state index contributed by atoms with van der Waals surface area (Å²) in [6.45, 7) is 4.08. The zero-order valence-corrected chi connectivity index (χ0v) is 16.6. The maximum Gasteiger partial charge on any atom is 0.258 e. The molecule has 1 fully saturated rings. The van der Waals surface area contributed by atoms with Crippen molar-refractivity contribution in [1.29, 1.82) is 0 Å². The largest absolute Gasteiger partial charge is 0.486 e. The van der Waals surface area contributed by atoms with Crippen LogP contribution in [0.25, 0.3) is 0 Å². The minimum Gasteiger partial charge on any atom is -0.486 e. The molecule has 2 aliphatic rings. The third-order valence-electron chi connectivity index (χ3n) is 5.12. The second-order valence-electron chi connectivity index (χ2n) is 7.11. The van der Waals surface area contributed by atoms with Crippen molar-refractivity contribution in [2.45, 2.75) is 6.04 Å². The average molecular weight is 416 g/mol. The van der Waals surface area contributed by atoms with Gasteiger partial charge in [-0.1, -0.05) is 12.1 Å². The number of hydrogen-bond donors (Lipinski definition) is 1. The van der Waals surface area contributed by atoms with Gasteiger partial charge >= 0.3 is 0 Å². The number of nitrogens with one attached hydrogen (secondary N) is 1. The van der Waals surface area contributed by atoms with E-state index in [-0.39, 0.29) is 24.4 Å². The molecule has 2 heterocycles. The first-order valence-corrected chi connectivity index (χ1v) is 10.1. The molecule has 0 aliphatic carbocycles. The van der Waals surface area contributed by atoms with E-state index < -0.39 is 0 Å². The number of nitrogens with zero attached hydrogens (tertiary/aromatic N) is 1. The van der Waals surface area contributed by atoms with E-state index in [2.05, 4.69) is 10.2 Å². The molecule has 0 spiro atoms. The van der Waals surface area contributed by atoms with Crippen LogP contribution < -0.4 is 19.5 Å². The summed E-state index contributed by atoms with van der Waals surface area (Å²) in [6.07, 6.45) is 0. The van der Waals surface area contributed by atoms with Crippen molar-refractivity contribution >= 4 is 5.91 Å². The lowest BCUT2D eigenvalue weighted by molar-refractivity contribution is -0.123. The summed E-state index contributed by atoms with van der Waals surface area (Å²) in [7, 11) is 0. The summed E-state index contributed by atoms with van der Waals surface area (Å²) in [5.41, 5.74) is 0.950. The van der Waals surface area contributed by atoms with E-state index in [4.69, 9.17) is 18.9 Å². The van der Waals surface area contributed by atoms with Crippen molar-refractivity contribution in [3.8, 4) is 17.2 Å². The normalized spacial score (nSPS) is 17.2. The van der Waals surface area contributed by atoms with Crippen molar-refractivity contribution in [2.75, 3.05) is 52.7 Å². The van der Waals surface area contributed by atoms with E-state index in [1.165, 1.54) is 12.1 Å². The minimum atomic E-state index is -0.281. The quantitative estimate of drug-likeness (QED) is 0.746. The second kappa shape index (κ2) is 9.77. The van der Waals surface area contributed by atoms with E-state index in [1.807, 2.05) is 0 Å². The molecule has 0 saturated carbocycles. The van der Waals surface area contributed by atoms with E-state index in [9.17, 15) is 9.18 Å². The molecule has 30 heavy (non-hydrogen) atoms. The van der Waals surface area contributed by atoms with Gasteiger partial charge in [0, 0.05) is 25.7 Å². The number of rotatable bonds is 7. The van der Waals surface area contributed by atoms with Gasteiger partial charge in [-0.2, -0.15) is 0 Å². The summed E-state index contributed by atoms with van der Waals surface area (Å²) in [5, 5.41) is 2.93. The Kier molecular flexibility index (Phi) is 6.66. The fourth-order valence-electron chi connectivity index (χ4n) is 3.56. The van der Waals surface area contributed by atoms with Crippen molar-refractivity contribution in [3.05, 3.63) is 53.8 Å². The Balaban J connectivity index is 1.33. The standard InChI is InChI=1S/C22H25FN2O5/c23-17-3-1-16(2-4-17)19(25-7-9-27-10-8-25)14-24-22(26)15-30-18-5-6-20-21(13-18)29-12-11-28-20/h1-6,13,19H,7-12,14-15H2,(H,24,26). The molecule has 7 nitrogen and oxygen atoms in total. The monoisotopic (exact) mass is 416 g/mol. The van der Waals surface area contributed by atoms with Gasteiger partial charge in [0.1, 0.15) is 24.8 Å². The molecule has 8 heteroatoms. The second-order valence-corrected chi connectivity index (χ2v) is 7.11. The lowest BCUT2D eigenvalue weighted by Crippen LogP contribution is -2.44. The Hall–Kier alpha value is -2.84. The zero-order chi connectivity index (χ0) is 20.8. The molecule has 4 rings (SSSR count). The van der Waals surface area contributed by atoms with Crippen LogP contribution in [0.1, 0.15) is 11.6 Å². The average Bonchev–Trinajstić information content (AvgIpc) is 2.79. The van der Waals surface area contributed by atoms with Crippen LogP contribution in [0.4, 0.5) is 4.39 Å². The van der Waals surface area contributed by atoms with Crippen molar-refractivity contribution in [1.82, 2.24) is 10.2 Å². The highest BCUT2D eigenvalue weighted by molar-refractivity contribution is 5.77. The lowest BCUT2D eigenvalue weighted by Gasteiger charge is -2.35. The molecule has 0 aromatic heterocycles. The summed E-state index contributed by atoms with van der Waals surface area (Å²) in [4.78, 5) is 14.6. The summed E-state index contributed by atoms with van der Waals surface area (Å²) < 4.78 is 35.4. The van der Waals surface area contributed by atoms with E-state index in [1.54, 1.807) is 30.3 Å². The highest BCUT2D eigenvalue weighted by Crippen LogP contribution is 2.33. The number of benzene rings is 2. The third-order valence-corrected chi connectivity index (χ3v) is 5.12. The maximum atomic E-state index is 13.3. The molecule has 0 bridgehead atoms. The Morgan fingerprint density at radius 2 is 1.77 bits per heavy atom. The molecule has 1 amide bonds. The van der Waals surface area contributed by atoms with Gasteiger partial charge in [-0.05, 0) is 29.8 Å². The summed E-state index contributed by atoms with van der Waals surface area (Å²) in [5.74, 6) is 1.31. The van der Waals surface area contributed by atoms with Gasteiger partial charge in [0.2, 0.25) is 0 Å². The van der Waals surface area contributed by atoms with Crippen LogP contribution in [-0.2, 0) is 9.53 Å². The predicted octanol–water partition coefficient (Wildman–Crippen LogP) is 2.17. The first-order chi connectivity index (χ1) is 14.7. The Morgan fingerprint density at radius 1 is 1.03 bits per heavy atom. The van der Waals surface area contributed by atoms with Gasteiger partial charge in [0.05, 0.1) is 19.3 Å². The number of ether oxygens (including phenoxy) is 4. The topological polar surface area (TPSA) is 69.3 Å². The van der Waals surface area contributed by atoms with Crippen molar-refractivity contribution < 1.29 is 28.1 Å². The fourth-order valence-corrected chi connectivity index (χ4v) is 3.56. The highest BCUT2D eigenvalue weighted by atomic mass is 19.1. The first kappa shape index (κ1) is 20.4. The molecule has 1 saturated heterocycles. The lowest BCUT2D eigenvalue weighted by atomic mass is 10.0. The number of amides is 1. The molecular weight excluding hydrogens is 391 g/mol. The molecule has 2 aromatic rings. The Bertz CT molecular complexity index is 855. The van der Waals surface area contributed by atoms with E-state index in [0.717, 1.165) is 18.7 Å². The van der Waals surface area contributed by atoms with Gasteiger partial charge in [0.15, 0.2) is 18.1 Å². The smallest absolute Gasteiger partial charge is 0.258 e. The van der Waals surface area contributed by atoms with Crippen LogP contribution >= 0.6 is 0 Å². The first-order valence-electron chi connectivity index (χ1n) is 10.1. The number of hydrogen-bond acceptors (Lipinski definition) is 6. The van der Waals surface area contributed by atoms with E-state index >= 15 is 0 Å². The SMILES string of the molecule is O=C(COc1ccc2c(c1)OCCO2)NCC(c1ccc(F)cc1)N1CCOCC1. The molecule has 1 atom stereocenters. The number of halogens is 1. The van der Waals surface area contributed by atoms with Gasteiger partial charge < -0.3 is 24.3 Å². The van der Waals surface area contributed by atoms with Crippen LogP contribution in [0.5, 0.6) is 17.2 Å². The third kappa shape index (κ3) is 5.20. The molecule has 0 radical (unpaired) electrons. The summed E-state index contributed by atoms with van der Waals surface area (Å²) in [6, 6.07) is 11.6. The molecule has 2 aliphatic heterocycles. The molecule has 2 aromatic carbocycles. The number of fused-ring (bicyclic) bond motifs is 1. The van der Waals surface area contributed by atoms with Crippen LogP contribution in [0.2, 0.25) is 0 Å². The number of carbonyl (C=O) groups is 1. The molecular formula is C22H25FN2O5. The zero-order valence-electron chi connectivity index (χ0n) is 16.6. The summed E-state index contributed by atoms with van der Waals surface area (Å²) >= 11 is 0. The van der Waals surface area contributed by atoms with E-state index in [0.29, 0.717) is 50.2 Å². The van der Waals surface area contributed by atoms with Gasteiger partial charge in [-0.25, -0.2) is 4.39 Å². The minimum absolute atomic E-state index is 0.0623. The fraction of sp³-hybridized carbons (Fsp3) is 0.409. The van der Waals surface area contributed by atoms with Crippen LogP contribution in [0.15, 0.2) is 42.5 Å². The number of morpholine rings is 1. The van der Waals surface area contributed by atoms with Crippen molar-refractivity contribution in [2.24, 2.45) is 0 Å². The van der Waals surface area contributed by atoms with Crippen molar-refractivity contribution in [3.63, 3.8) is 0 Å².